The summed E-state index contributed by atoms with van der Waals surface area (Å²) in [6.07, 6.45) is 1.70. The van der Waals surface area contributed by atoms with Crippen LogP contribution in [-0.4, -0.2) is 16.1 Å². The molecule has 4 heteroatoms. The molecule has 0 aliphatic heterocycles. The van der Waals surface area contributed by atoms with Crippen LogP contribution in [0, 0.1) is 0 Å². The van der Waals surface area contributed by atoms with Crippen LogP contribution in [-0.2, 0) is 0 Å². The molecule has 13 heavy (non-hydrogen) atoms. The first kappa shape index (κ1) is 8.07. The minimum absolute atomic E-state index is 0.223. The number of carboxylic acids is 1. The molecule has 0 spiro atoms. The lowest BCUT2D eigenvalue weighted by atomic mass is 10.2. The molecule has 0 unspecified atom stereocenters. The van der Waals surface area contributed by atoms with Crippen LogP contribution in [0.4, 0.5) is 0 Å². The van der Waals surface area contributed by atoms with Gasteiger partial charge in [-0.3, -0.25) is 0 Å². The number of hydrogen-bond acceptors (Lipinski definition) is 2. The van der Waals surface area contributed by atoms with E-state index in [-0.39, 0.29) is 5.69 Å². The molecule has 2 aromatic heterocycles. The molecular weight excluding hydrogens is 186 g/mol. The SMILES string of the molecule is O=C(O)c1cc(-c2ccsc2)c[nH]1. The Kier molecular flexibility index (Phi) is 1.90. The number of carbonyl (C=O) groups is 1. The number of H-pyrrole nitrogens is 1. The summed E-state index contributed by atoms with van der Waals surface area (Å²) < 4.78 is 0. The molecule has 2 heterocycles. The zero-order valence-electron chi connectivity index (χ0n) is 6.65. The second kappa shape index (κ2) is 3.06. The van der Waals surface area contributed by atoms with Gasteiger partial charge in [0, 0.05) is 11.8 Å². The quantitative estimate of drug-likeness (QED) is 0.769. The zero-order valence-corrected chi connectivity index (χ0v) is 7.47. The van der Waals surface area contributed by atoms with Gasteiger partial charge in [-0.25, -0.2) is 4.79 Å². The van der Waals surface area contributed by atoms with E-state index in [4.69, 9.17) is 5.11 Å². The summed E-state index contributed by atoms with van der Waals surface area (Å²) in [7, 11) is 0. The highest BCUT2D eigenvalue weighted by molar-refractivity contribution is 7.08. The van der Waals surface area contributed by atoms with Crippen molar-refractivity contribution in [3.8, 4) is 11.1 Å². The lowest BCUT2D eigenvalue weighted by Crippen LogP contribution is -1.94. The number of aromatic carboxylic acids is 1. The summed E-state index contributed by atoms with van der Waals surface area (Å²) in [6.45, 7) is 0. The molecule has 0 bridgehead atoms. The largest absolute Gasteiger partial charge is 0.477 e. The highest BCUT2D eigenvalue weighted by atomic mass is 32.1. The van der Waals surface area contributed by atoms with E-state index in [1.165, 1.54) is 0 Å². The number of hydrogen-bond donors (Lipinski definition) is 2. The maximum atomic E-state index is 10.6. The van der Waals surface area contributed by atoms with Gasteiger partial charge in [-0.1, -0.05) is 0 Å². The predicted molar refractivity (Wildman–Crippen MR) is 51.1 cm³/mol. The number of aromatic nitrogens is 1. The van der Waals surface area contributed by atoms with Crippen molar-refractivity contribution < 1.29 is 9.90 Å². The third-order valence-electron chi connectivity index (χ3n) is 1.77. The van der Waals surface area contributed by atoms with E-state index in [0.29, 0.717) is 0 Å². The molecule has 3 nitrogen and oxygen atoms in total. The van der Waals surface area contributed by atoms with E-state index >= 15 is 0 Å². The minimum Gasteiger partial charge on any atom is -0.477 e. The molecule has 0 atom stereocenters. The van der Waals surface area contributed by atoms with E-state index in [1.807, 2.05) is 16.8 Å². The summed E-state index contributed by atoms with van der Waals surface area (Å²) in [5.74, 6) is -0.929. The summed E-state index contributed by atoms with van der Waals surface area (Å²) in [6, 6.07) is 3.59. The standard InChI is InChI=1S/C9H7NO2S/c11-9(12)8-3-7(4-10-8)6-1-2-13-5-6/h1-5,10H,(H,11,12). The summed E-state index contributed by atoms with van der Waals surface area (Å²) in [5.41, 5.74) is 2.19. The van der Waals surface area contributed by atoms with Gasteiger partial charge in [0.05, 0.1) is 0 Å². The first-order valence-corrected chi connectivity index (χ1v) is 4.66. The zero-order chi connectivity index (χ0) is 9.26. The van der Waals surface area contributed by atoms with Crippen LogP contribution in [0.25, 0.3) is 11.1 Å². The van der Waals surface area contributed by atoms with Gasteiger partial charge in [0.2, 0.25) is 0 Å². The maximum absolute atomic E-state index is 10.6. The van der Waals surface area contributed by atoms with Gasteiger partial charge in [0.25, 0.3) is 0 Å². The van der Waals surface area contributed by atoms with E-state index in [0.717, 1.165) is 11.1 Å². The normalized spacial score (nSPS) is 10.2. The predicted octanol–water partition coefficient (Wildman–Crippen LogP) is 2.44. The minimum atomic E-state index is -0.929. The van der Waals surface area contributed by atoms with Crippen LogP contribution < -0.4 is 0 Å². The highest BCUT2D eigenvalue weighted by Crippen LogP contribution is 2.22. The Morgan fingerprint density at radius 3 is 2.85 bits per heavy atom. The molecule has 0 amide bonds. The third-order valence-corrected chi connectivity index (χ3v) is 2.45. The van der Waals surface area contributed by atoms with Gasteiger partial charge in [-0.2, -0.15) is 11.3 Å². The summed E-state index contributed by atoms with van der Waals surface area (Å²) in [5, 5.41) is 12.6. The molecule has 0 radical (unpaired) electrons. The fourth-order valence-electron chi connectivity index (χ4n) is 1.11. The van der Waals surface area contributed by atoms with Crippen LogP contribution in [0.2, 0.25) is 0 Å². The van der Waals surface area contributed by atoms with Crippen LogP contribution in [0.1, 0.15) is 10.5 Å². The summed E-state index contributed by atoms with van der Waals surface area (Å²) in [4.78, 5) is 13.3. The molecule has 0 aliphatic carbocycles. The Morgan fingerprint density at radius 1 is 1.46 bits per heavy atom. The summed E-state index contributed by atoms with van der Waals surface area (Å²) >= 11 is 1.59. The number of rotatable bonds is 2. The molecule has 0 saturated carbocycles. The van der Waals surface area contributed by atoms with Crippen LogP contribution in [0.3, 0.4) is 0 Å². The lowest BCUT2D eigenvalue weighted by Gasteiger charge is -1.86. The first-order valence-electron chi connectivity index (χ1n) is 3.71. The van der Waals surface area contributed by atoms with Crippen molar-refractivity contribution in [2.75, 3.05) is 0 Å². The lowest BCUT2D eigenvalue weighted by molar-refractivity contribution is 0.0691. The van der Waals surface area contributed by atoms with Gasteiger partial charge < -0.3 is 10.1 Å². The van der Waals surface area contributed by atoms with Gasteiger partial charge in [0.15, 0.2) is 0 Å². The van der Waals surface area contributed by atoms with Crippen molar-refractivity contribution in [3.05, 3.63) is 34.8 Å². The second-order valence-corrected chi connectivity index (χ2v) is 3.40. The van der Waals surface area contributed by atoms with Gasteiger partial charge >= 0.3 is 5.97 Å². The smallest absolute Gasteiger partial charge is 0.352 e. The van der Waals surface area contributed by atoms with Crippen LogP contribution >= 0.6 is 11.3 Å². The molecule has 2 N–H and O–H groups in total. The topological polar surface area (TPSA) is 53.1 Å². The van der Waals surface area contributed by atoms with E-state index in [2.05, 4.69) is 4.98 Å². The van der Waals surface area contributed by atoms with Crippen molar-refractivity contribution in [2.24, 2.45) is 0 Å². The first-order chi connectivity index (χ1) is 6.27. The van der Waals surface area contributed by atoms with E-state index in [1.54, 1.807) is 23.6 Å². The molecule has 2 aromatic rings. The maximum Gasteiger partial charge on any atom is 0.352 e. The Balaban J connectivity index is 2.39. The van der Waals surface area contributed by atoms with E-state index in [9.17, 15) is 4.79 Å². The van der Waals surface area contributed by atoms with E-state index < -0.39 is 5.97 Å². The van der Waals surface area contributed by atoms with Crippen molar-refractivity contribution in [1.82, 2.24) is 4.98 Å². The Bertz CT molecular complexity index is 417. The third kappa shape index (κ3) is 1.48. The van der Waals surface area contributed by atoms with Crippen molar-refractivity contribution in [2.45, 2.75) is 0 Å². The molecule has 66 valence electrons. The number of thiophene rings is 1. The van der Waals surface area contributed by atoms with Gasteiger partial charge in [-0.05, 0) is 28.5 Å². The van der Waals surface area contributed by atoms with Gasteiger partial charge in [0.1, 0.15) is 5.69 Å². The Hall–Kier alpha value is -1.55. The fraction of sp³-hybridized carbons (Fsp3) is 0. The van der Waals surface area contributed by atoms with Crippen LogP contribution in [0.5, 0.6) is 0 Å². The average Bonchev–Trinajstić information content (AvgIpc) is 2.75. The monoisotopic (exact) mass is 193 g/mol. The Labute approximate surface area is 78.7 Å². The molecule has 0 fully saturated rings. The fourth-order valence-corrected chi connectivity index (χ4v) is 1.78. The van der Waals surface area contributed by atoms with Crippen LogP contribution in [0.15, 0.2) is 29.1 Å². The van der Waals surface area contributed by atoms with Crippen molar-refractivity contribution >= 4 is 17.3 Å². The molecule has 2 rings (SSSR count). The van der Waals surface area contributed by atoms with Crippen molar-refractivity contribution in [3.63, 3.8) is 0 Å². The second-order valence-electron chi connectivity index (χ2n) is 2.62. The molecule has 0 aliphatic rings. The average molecular weight is 193 g/mol. The molecule has 0 aromatic carbocycles. The number of carboxylic acid groups (broad SMARTS) is 1. The highest BCUT2D eigenvalue weighted by Gasteiger charge is 2.06. The Morgan fingerprint density at radius 2 is 2.31 bits per heavy atom. The molecular formula is C9H7NO2S. The number of aromatic amines is 1. The van der Waals surface area contributed by atoms with Gasteiger partial charge in [-0.15, -0.1) is 0 Å². The molecule has 0 saturated heterocycles. The van der Waals surface area contributed by atoms with Crippen molar-refractivity contribution in [1.29, 1.82) is 0 Å². The number of nitrogens with one attached hydrogen (secondary N) is 1.